The fourth-order valence-electron chi connectivity index (χ4n) is 3.46. The third kappa shape index (κ3) is 8.44. The second-order valence-corrected chi connectivity index (χ2v) is 9.31. The molecule has 0 aliphatic carbocycles. The van der Waals surface area contributed by atoms with Crippen LogP contribution in [0, 0.1) is 5.92 Å². The molecule has 0 spiro atoms. The number of rotatable bonds is 7. The van der Waals surface area contributed by atoms with Gasteiger partial charge in [0.05, 0.1) is 0 Å². The van der Waals surface area contributed by atoms with Gasteiger partial charge < -0.3 is 15.4 Å². The molecule has 1 aromatic carbocycles. The van der Waals surface area contributed by atoms with Crippen molar-refractivity contribution in [3.63, 3.8) is 0 Å². The Morgan fingerprint density at radius 1 is 1.21 bits per heavy atom. The molecule has 1 fully saturated rings. The molecule has 2 amide bonds. The molecular weight excluding hydrogens is 366 g/mol. The fourth-order valence-corrected chi connectivity index (χ4v) is 3.46. The molecule has 1 saturated heterocycles. The highest BCUT2D eigenvalue weighted by Gasteiger charge is 2.24. The van der Waals surface area contributed by atoms with Crippen molar-refractivity contribution in [2.45, 2.75) is 72.1 Å². The first-order valence-corrected chi connectivity index (χ1v) is 10.7. The quantitative estimate of drug-likeness (QED) is 0.723. The minimum Gasteiger partial charge on any atom is -0.444 e. The van der Waals surface area contributed by atoms with E-state index in [1.54, 1.807) is 0 Å². The van der Waals surface area contributed by atoms with Crippen LogP contribution in [0.4, 0.5) is 4.79 Å². The van der Waals surface area contributed by atoms with E-state index >= 15 is 0 Å². The number of carbonyl (C=O) groups is 2. The van der Waals surface area contributed by atoms with E-state index in [9.17, 15) is 9.59 Å². The number of carbonyl (C=O) groups excluding carboxylic acids is 2. The van der Waals surface area contributed by atoms with E-state index in [1.807, 2.05) is 39.0 Å². The molecule has 6 heteroatoms. The van der Waals surface area contributed by atoms with Gasteiger partial charge >= 0.3 is 6.09 Å². The Morgan fingerprint density at radius 3 is 2.66 bits per heavy atom. The normalized spacial score (nSPS) is 17.8. The number of hydrogen-bond donors (Lipinski definition) is 2. The van der Waals surface area contributed by atoms with Crippen LogP contribution in [0.5, 0.6) is 0 Å². The molecule has 1 atom stereocenters. The summed E-state index contributed by atoms with van der Waals surface area (Å²) in [5.41, 5.74) is 1.32. The highest BCUT2D eigenvalue weighted by atomic mass is 16.6. The van der Waals surface area contributed by atoms with Gasteiger partial charge in [-0.3, -0.25) is 9.69 Å². The van der Waals surface area contributed by atoms with Gasteiger partial charge in [-0.05, 0) is 63.8 Å². The van der Waals surface area contributed by atoms with Crippen LogP contribution in [0.3, 0.4) is 0 Å². The summed E-state index contributed by atoms with van der Waals surface area (Å²) < 4.78 is 5.35. The fraction of sp³-hybridized carbons (Fsp3) is 0.652. The minimum atomic E-state index is -0.493. The van der Waals surface area contributed by atoms with E-state index in [1.165, 1.54) is 0 Å². The predicted molar refractivity (Wildman–Crippen MR) is 116 cm³/mol. The van der Waals surface area contributed by atoms with Crippen LogP contribution in [0.2, 0.25) is 0 Å². The molecule has 1 aliphatic heterocycles. The Morgan fingerprint density at radius 2 is 1.97 bits per heavy atom. The summed E-state index contributed by atoms with van der Waals surface area (Å²) in [5.74, 6) is 0.399. The zero-order chi connectivity index (χ0) is 21.4. The third-order valence-electron chi connectivity index (χ3n) is 4.88. The Labute approximate surface area is 175 Å². The average Bonchev–Trinajstić information content (AvgIpc) is 2.64. The summed E-state index contributed by atoms with van der Waals surface area (Å²) >= 11 is 0. The molecule has 1 aromatic rings. The number of amides is 2. The lowest BCUT2D eigenvalue weighted by molar-refractivity contribution is 0.0492. The smallest absolute Gasteiger partial charge is 0.407 e. The molecular formula is C23H37N3O3. The van der Waals surface area contributed by atoms with Gasteiger partial charge in [0.25, 0.3) is 5.91 Å². The van der Waals surface area contributed by atoms with Crippen molar-refractivity contribution in [3.8, 4) is 0 Å². The van der Waals surface area contributed by atoms with Crippen molar-refractivity contribution in [1.29, 1.82) is 0 Å². The molecule has 0 bridgehead atoms. The Balaban J connectivity index is 1.95. The van der Waals surface area contributed by atoms with Gasteiger partial charge in [-0.2, -0.15) is 0 Å². The average molecular weight is 404 g/mol. The largest absolute Gasteiger partial charge is 0.444 e. The van der Waals surface area contributed by atoms with Crippen LogP contribution in [0.1, 0.15) is 69.8 Å². The van der Waals surface area contributed by atoms with E-state index in [0.717, 1.165) is 37.9 Å². The molecule has 162 valence electrons. The van der Waals surface area contributed by atoms with Gasteiger partial charge in [0, 0.05) is 31.2 Å². The number of ether oxygens (including phenoxy) is 1. The van der Waals surface area contributed by atoms with Crippen LogP contribution in [-0.4, -0.2) is 48.2 Å². The highest BCUT2D eigenvalue weighted by molar-refractivity contribution is 5.94. The van der Waals surface area contributed by atoms with Crippen molar-refractivity contribution in [2.24, 2.45) is 5.92 Å². The monoisotopic (exact) mass is 403 g/mol. The topological polar surface area (TPSA) is 70.7 Å². The standard InChI is InChI=1S/C23H37N3O3/c1-17(2)14-24-21(27)19-10-8-9-18(13-19)16-26-12-7-6-11-20(26)15-25-22(28)29-23(3,4)5/h8-10,13,17,20H,6-7,11-12,14-16H2,1-5H3,(H,24,27)(H,25,28). The molecule has 0 radical (unpaired) electrons. The van der Waals surface area contributed by atoms with Crippen LogP contribution in [-0.2, 0) is 11.3 Å². The number of benzene rings is 1. The minimum absolute atomic E-state index is 0.0256. The van der Waals surface area contributed by atoms with Gasteiger partial charge in [-0.1, -0.05) is 32.4 Å². The molecule has 2 N–H and O–H groups in total. The number of nitrogens with zero attached hydrogens (tertiary/aromatic N) is 1. The van der Waals surface area contributed by atoms with Crippen LogP contribution < -0.4 is 10.6 Å². The number of piperidine rings is 1. The Bertz CT molecular complexity index is 682. The Kier molecular flexibility index (Phi) is 8.50. The lowest BCUT2D eigenvalue weighted by Crippen LogP contribution is -2.47. The highest BCUT2D eigenvalue weighted by Crippen LogP contribution is 2.20. The van der Waals surface area contributed by atoms with Crippen molar-refractivity contribution in [3.05, 3.63) is 35.4 Å². The zero-order valence-corrected chi connectivity index (χ0v) is 18.6. The summed E-state index contributed by atoms with van der Waals surface area (Å²) in [6.45, 7) is 12.8. The van der Waals surface area contributed by atoms with E-state index in [2.05, 4.69) is 35.4 Å². The van der Waals surface area contributed by atoms with Crippen molar-refractivity contribution >= 4 is 12.0 Å². The summed E-state index contributed by atoms with van der Waals surface area (Å²) in [5, 5.41) is 5.89. The van der Waals surface area contributed by atoms with E-state index in [4.69, 9.17) is 4.74 Å². The summed E-state index contributed by atoms with van der Waals surface area (Å²) in [6, 6.07) is 8.11. The molecule has 0 saturated carbocycles. The SMILES string of the molecule is CC(C)CNC(=O)c1cccc(CN2CCCCC2CNC(=O)OC(C)(C)C)c1. The summed E-state index contributed by atoms with van der Waals surface area (Å²) in [7, 11) is 0. The molecule has 1 heterocycles. The third-order valence-corrected chi connectivity index (χ3v) is 4.88. The van der Waals surface area contributed by atoms with Gasteiger partial charge in [-0.15, -0.1) is 0 Å². The first-order valence-electron chi connectivity index (χ1n) is 10.7. The second-order valence-electron chi connectivity index (χ2n) is 9.31. The molecule has 2 rings (SSSR count). The maximum atomic E-state index is 12.4. The second kappa shape index (κ2) is 10.6. The van der Waals surface area contributed by atoms with Gasteiger partial charge in [0.2, 0.25) is 0 Å². The summed E-state index contributed by atoms with van der Waals surface area (Å²) in [6.07, 6.45) is 2.99. The summed E-state index contributed by atoms with van der Waals surface area (Å²) in [4.78, 5) is 26.8. The lowest BCUT2D eigenvalue weighted by Gasteiger charge is -2.36. The molecule has 1 aliphatic rings. The lowest BCUT2D eigenvalue weighted by atomic mass is 10.0. The van der Waals surface area contributed by atoms with Crippen molar-refractivity contribution in [1.82, 2.24) is 15.5 Å². The number of likely N-dealkylation sites (tertiary alicyclic amines) is 1. The maximum Gasteiger partial charge on any atom is 0.407 e. The van der Waals surface area contributed by atoms with Crippen LogP contribution in [0.15, 0.2) is 24.3 Å². The zero-order valence-electron chi connectivity index (χ0n) is 18.6. The molecule has 0 aromatic heterocycles. The molecule has 6 nitrogen and oxygen atoms in total. The number of nitrogens with one attached hydrogen (secondary N) is 2. The molecule has 29 heavy (non-hydrogen) atoms. The van der Waals surface area contributed by atoms with Crippen LogP contribution in [0.25, 0.3) is 0 Å². The number of hydrogen-bond acceptors (Lipinski definition) is 4. The maximum absolute atomic E-state index is 12.4. The van der Waals surface area contributed by atoms with Gasteiger partial charge in [0.1, 0.15) is 5.60 Å². The van der Waals surface area contributed by atoms with Crippen LogP contribution >= 0.6 is 0 Å². The van der Waals surface area contributed by atoms with Gasteiger partial charge in [-0.25, -0.2) is 4.79 Å². The Hall–Kier alpha value is -2.08. The van der Waals surface area contributed by atoms with Gasteiger partial charge in [0.15, 0.2) is 0 Å². The van der Waals surface area contributed by atoms with E-state index in [0.29, 0.717) is 24.6 Å². The van der Waals surface area contributed by atoms with E-state index in [-0.39, 0.29) is 18.0 Å². The first kappa shape index (κ1) is 23.2. The number of alkyl carbamates (subject to hydrolysis) is 1. The van der Waals surface area contributed by atoms with E-state index < -0.39 is 5.60 Å². The first-order chi connectivity index (χ1) is 13.6. The molecule has 1 unspecified atom stereocenters. The van der Waals surface area contributed by atoms with Crippen molar-refractivity contribution < 1.29 is 14.3 Å². The predicted octanol–water partition coefficient (Wildman–Crippen LogP) is 3.95. The van der Waals surface area contributed by atoms with Crippen molar-refractivity contribution in [2.75, 3.05) is 19.6 Å².